The van der Waals surface area contributed by atoms with Gasteiger partial charge in [-0.3, -0.25) is 0 Å². The van der Waals surface area contributed by atoms with Crippen LogP contribution in [-0.2, 0) is 0 Å². The van der Waals surface area contributed by atoms with Crippen LogP contribution >= 0.6 is 0 Å². The Morgan fingerprint density at radius 3 is 1.85 bits per heavy atom. The molecule has 0 aromatic carbocycles. The van der Waals surface area contributed by atoms with Crippen molar-refractivity contribution in [2.45, 2.75) is 52.9 Å². The average molecular weight is 185 g/mol. The Balaban J connectivity index is 3.09. The van der Waals surface area contributed by atoms with E-state index in [9.17, 15) is 0 Å². The summed E-state index contributed by atoms with van der Waals surface area (Å²) in [4.78, 5) is 2.27. The molecule has 0 N–H and O–H groups in total. The summed E-state index contributed by atoms with van der Waals surface area (Å²) in [6.45, 7) is 8.22. The fraction of sp³-hybridized carbons (Fsp3) is 1.00. The molecule has 0 aromatic rings. The number of nitrogens with zero attached hydrogens (tertiary/aromatic N) is 1. The summed E-state index contributed by atoms with van der Waals surface area (Å²) in [5, 5.41) is 0. The Morgan fingerprint density at radius 1 is 0.846 bits per heavy atom. The van der Waals surface area contributed by atoms with Gasteiger partial charge in [-0.2, -0.15) is 0 Å². The lowest BCUT2D eigenvalue weighted by Gasteiger charge is -2.17. The van der Waals surface area contributed by atoms with Crippen LogP contribution in [0, 0.1) is 5.41 Å². The normalized spacial score (nSPS) is 12.5. The molecular weight excluding hydrogens is 158 g/mol. The summed E-state index contributed by atoms with van der Waals surface area (Å²) in [6, 6.07) is 0. The van der Waals surface area contributed by atoms with Crippen molar-refractivity contribution in [2.75, 3.05) is 20.6 Å². The molecule has 0 fully saturated rings. The van der Waals surface area contributed by atoms with Crippen LogP contribution in [0.5, 0.6) is 0 Å². The minimum Gasteiger partial charge on any atom is -0.309 e. The van der Waals surface area contributed by atoms with E-state index in [1.165, 1.54) is 38.6 Å². The fourth-order valence-electron chi connectivity index (χ4n) is 1.44. The van der Waals surface area contributed by atoms with Crippen LogP contribution in [0.15, 0.2) is 0 Å². The zero-order chi connectivity index (χ0) is 10.3. The maximum atomic E-state index is 2.33. The Kier molecular flexibility index (Phi) is 6.40. The molecule has 1 nitrogen and oxygen atoms in total. The van der Waals surface area contributed by atoms with E-state index < -0.39 is 0 Å². The predicted molar refractivity (Wildman–Crippen MR) is 61.1 cm³/mol. The monoisotopic (exact) mass is 185 g/mol. The zero-order valence-corrected chi connectivity index (χ0v) is 10.2. The first-order valence-electron chi connectivity index (χ1n) is 5.56. The molecule has 0 radical (unpaired) electrons. The van der Waals surface area contributed by atoms with Gasteiger partial charge in [-0.15, -0.1) is 0 Å². The van der Waals surface area contributed by atoms with Gasteiger partial charge < -0.3 is 4.90 Å². The van der Waals surface area contributed by atoms with Crippen molar-refractivity contribution >= 4 is 0 Å². The second-order valence-corrected chi connectivity index (χ2v) is 5.53. The van der Waals surface area contributed by atoms with Gasteiger partial charge in [0.15, 0.2) is 0 Å². The molecule has 0 saturated carbocycles. The second-order valence-electron chi connectivity index (χ2n) is 5.53. The highest BCUT2D eigenvalue weighted by atomic mass is 15.0. The maximum absolute atomic E-state index is 2.33. The molecule has 80 valence electrons. The summed E-state index contributed by atoms with van der Waals surface area (Å²) < 4.78 is 0. The van der Waals surface area contributed by atoms with Gasteiger partial charge in [0.25, 0.3) is 0 Å². The third-order valence-electron chi connectivity index (χ3n) is 2.28. The van der Waals surface area contributed by atoms with Crippen LogP contribution in [0.4, 0.5) is 0 Å². The van der Waals surface area contributed by atoms with Gasteiger partial charge in [0.1, 0.15) is 0 Å². The summed E-state index contributed by atoms with van der Waals surface area (Å²) in [5.74, 6) is 0. The molecule has 0 aliphatic rings. The van der Waals surface area contributed by atoms with E-state index in [0.717, 1.165) is 0 Å². The molecule has 0 rings (SSSR count). The molecular formula is C12H27N. The lowest BCUT2D eigenvalue weighted by molar-refractivity contribution is 0.348. The number of rotatable bonds is 6. The molecule has 0 amide bonds. The minimum atomic E-state index is 0.529. The van der Waals surface area contributed by atoms with E-state index >= 15 is 0 Å². The third kappa shape index (κ3) is 12.0. The highest BCUT2D eigenvalue weighted by Gasteiger charge is 2.08. The zero-order valence-electron chi connectivity index (χ0n) is 10.2. The molecule has 0 unspecified atom stereocenters. The van der Waals surface area contributed by atoms with Crippen LogP contribution < -0.4 is 0 Å². The van der Waals surface area contributed by atoms with Gasteiger partial charge in [0, 0.05) is 0 Å². The van der Waals surface area contributed by atoms with E-state index in [-0.39, 0.29) is 0 Å². The van der Waals surface area contributed by atoms with E-state index in [4.69, 9.17) is 0 Å². The Labute approximate surface area is 84.5 Å². The van der Waals surface area contributed by atoms with E-state index in [2.05, 4.69) is 39.8 Å². The van der Waals surface area contributed by atoms with Gasteiger partial charge in [0.2, 0.25) is 0 Å². The standard InChI is InChI=1S/C12H27N/c1-12(2,3)10-8-6-7-9-11-13(4)5/h6-11H2,1-5H3. The van der Waals surface area contributed by atoms with Crippen LogP contribution in [0.3, 0.4) is 0 Å². The highest BCUT2D eigenvalue weighted by Crippen LogP contribution is 2.22. The third-order valence-corrected chi connectivity index (χ3v) is 2.28. The van der Waals surface area contributed by atoms with E-state index in [0.29, 0.717) is 5.41 Å². The Bertz CT molecular complexity index is 111. The highest BCUT2D eigenvalue weighted by molar-refractivity contribution is 4.61. The first-order valence-corrected chi connectivity index (χ1v) is 5.56. The summed E-state index contributed by atoms with van der Waals surface area (Å²) in [7, 11) is 4.30. The van der Waals surface area contributed by atoms with Crippen LogP contribution in [0.1, 0.15) is 52.9 Å². The van der Waals surface area contributed by atoms with Crippen LogP contribution in [0.2, 0.25) is 0 Å². The van der Waals surface area contributed by atoms with Crippen molar-refractivity contribution in [1.29, 1.82) is 0 Å². The van der Waals surface area contributed by atoms with Crippen LogP contribution in [-0.4, -0.2) is 25.5 Å². The first-order chi connectivity index (χ1) is 5.92. The molecule has 1 heteroatoms. The number of hydrogen-bond donors (Lipinski definition) is 0. The van der Waals surface area contributed by atoms with Gasteiger partial charge in [-0.1, -0.05) is 40.0 Å². The molecule has 0 heterocycles. The average Bonchev–Trinajstić information content (AvgIpc) is 1.93. The van der Waals surface area contributed by atoms with Crippen molar-refractivity contribution in [2.24, 2.45) is 5.41 Å². The van der Waals surface area contributed by atoms with Gasteiger partial charge in [-0.05, 0) is 38.9 Å². The van der Waals surface area contributed by atoms with Crippen molar-refractivity contribution in [3.8, 4) is 0 Å². The van der Waals surface area contributed by atoms with Crippen molar-refractivity contribution < 1.29 is 0 Å². The smallest absolute Gasteiger partial charge is 0.00248 e. The summed E-state index contributed by atoms with van der Waals surface area (Å²) in [5.41, 5.74) is 0.529. The topological polar surface area (TPSA) is 3.24 Å². The predicted octanol–water partition coefficient (Wildman–Crippen LogP) is 3.54. The van der Waals surface area contributed by atoms with Gasteiger partial charge >= 0.3 is 0 Å². The lowest BCUT2D eigenvalue weighted by Crippen LogP contribution is -2.12. The molecule has 13 heavy (non-hydrogen) atoms. The number of hydrogen-bond acceptors (Lipinski definition) is 1. The van der Waals surface area contributed by atoms with Crippen molar-refractivity contribution in [3.63, 3.8) is 0 Å². The van der Waals surface area contributed by atoms with Crippen LogP contribution in [0.25, 0.3) is 0 Å². The van der Waals surface area contributed by atoms with Gasteiger partial charge in [0.05, 0.1) is 0 Å². The Morgan fingerprint density at radius 2 is 1.38 bits per heavy atom. The molecule has 0 bridgehead atoms. The second kappa shape index (κ2) is 6.42. The first kappa shape index (κ1) is 13.0. The summed E-state index contributed by atoms with van der Waals surface area (Å²) in [6.07, 6.45) is 6.93. The number of unbranched alkanes of at least 4 members (excludes halogenated alkanes) is 3. The minimum absolute atomic E-state index is 0.529. The molecule has 0 spiro atoms. The van der Waals surface area contributed by atoms with Gasteiger partial charge in [-0.25, -0.2) is 0 Å². The lowest BCUT2D eigenvalue weighted by atomic mass is 9.89. The maximum Gasteiger partial charge on any atom is -0.00248 e. The SMILES string of the molecule is CN(C)CCCCCCC(C)(C)C. The largest absolute Gasteiger partial charge is 0.309 e. The molecule has 0 aromatic heterocycles. The quantitative estimate of drug-likeness (QED) is 0.572. The van der Waals surface area contributed by atoms with Crippen molar-refractivity contribution in [3.05, 3.63) is 0 Å². The van der Waals surface area contributed by atoms with E-state index in [1.807, 2.05) is 0 Å². The van der Waals surface area contributed by atoms with E-state index in [1.54, 1.807) is 0 Å². The molecule has 0 aliphatic carbocycles. The molecule has 0 aliphatic heterocycles. The van der Waals surface area contributed by atoms with Crippen molar-refractivity contribution in [1.82, 2.24) is 4.90 Å². The molecule has 0 atom stereocenters. The molecule has 0 saturated heterocycles. The Hall–Kier alpha value is -0.0400. The fourth-order valence-corrected chi connectivity index (χ4v) is 1.44. The summed E-state index contributed by atoms with van der Waals surface area (Å²) >= 11 is 0.